The van der Waals surface area contributed by atoms with Crippen LogP contribution < -0.4 is 15.8 Å². The standard InChI is InChI=1S/C28H10Cl4N4O2/c1-2-3-4-5-6-7-8-9-10-11-12-26(37)33-20-13-14-21(30)24(17-20)34-25-18-27(38)36(35-25)28-22(31)15-19(29)16-23(28)32/h1,13-17H,18H2,(H,33,37)(H,34,35). The number of benzene rings is 2. The summed E-state index contributed by atoms with van der Waals surface area (Å²) in [5.41, 5.74) is 3.77. The highest BCUT2D eigenvalue weighted by Gasteiger charge is 2.30. The van der Waals surface area contributed by atoms with Gasteiger partial charge in [-0.25, -0.2) is 10.0 Å². The Morgan fingerprint density at radius 2 is 1.50 bits per heavy atom. The third-order valence-electron chi connectivity index (χ3n) is 4.22. The minimum absolute atomic E-state index is 0.0703. The van der Waals surface area contributed by atoms with Gasteiger partial charge in [-0.1, -0.05) is 46.4 Å². The predicted octanol–water partition coefficient (Wildman–Crippen LogP) is 4.86. The molecule has 0 atom stereocenters. The van der Waals surface area contributed by atoms with Crippen molar-refractivity contribution in [3.8, 4) is 71.5 Å². The van der Waals surface area contributed by atoms with Crippen molar-refractivity contribution >= 4 is 81.1 Å². The predicted molar refractivity (Wildman–Crippen MR) is 152 cm³/mol. The topological polar surface area (TPSA) is 73.8 Å². The van der Waals surface area contributed by atoms with Crippen LogP contribution in [0.15, 0.2) is 35.3 Å². The number of nitrogens with one attached hydrogen (secondary N) is 2. The van der Waals surface area contributed by atoms with Gasteiger partial charge in [0.05, 0.1) is 27.2 Å². The largest absolute Gasteiger partial charge is 0.315 e. The fourth-order valence-electron chi connectivity index (χ4n) is 2.77. The van der Waals surface area contributed by atoms with Crippen molar-refractivity contribution in [2.75, 3.05) is 10.3 Å². The lowest BCUT2D eigenvalue weighted by Crippen LogP contribution is -2.36. The van der Waals surface area contributed by atoms with Crippen molar-refractivity contribution in [2.24, 2.45) is 4.99 Å². The lowest BCUT2D eigenvalue weighted by molar-refractivity contribution is -0.117. The molecule has 2 aromatic carbocycles. The number of amides is 2. The van der Waals surface area contributed by atoms with E-state index in [1.165, 1.54) is 29.3 Å². The van der Waals surface area contributed by atoms with E-state index >= 15 is 0 Å². The Balaban J connectivity index is 1.70. The molecule has 0 spiro atoms. The number of nitrogens with zero attached hydrogens (tertiary/aromatic N) is 2. The van der Waals surface area contributed by atoms with Crippen molar-refractivity contribution in [2.45, 2.75) is 6.42 Å². The number of hydrazine groups is 1. The highest BCUT2D eigenvalue weighted by Crippen LogP contribution is 2.37. The Morgan fingerprint density at radius 1 is 0.895 bits per heavy atom. The lowest BCUT2D eigenvalue weighted by Gasteiger charge is -2.19. The molecule has 1 fully saturated rings. The van der Waals surface area contributed by atoms with Crippen LogP contribution in [-0.4, -0.2) is 17.6 Å². The van der Waals surface area contributed by atoms with Gasteiger partial charge in [0.1, 0.15) is 11.5 Å². The maximum Gasteiger partial charge on any atom is 0.301 e. The van der Waals surface area contributed by atoms with Crippen LogP contribution in [0.5, 0.6) is 0 Å². The normalized spacial score (nSPS) is 11.9. The second-order valence-electron chi connectivity index (χ2n) is 6.81. The maximum atomic E-state index is 12.6. The van der Waals surface area contributed by atoms with E-state index in [-0.39, 0.29) is 38.9 Å². The summed E-state index contributed by atoms with van der Waals surface area (Å²) in [6.45, 7) is 0. The first-order valence-corrected chi connectivity index (χ1v) is 11.7. The van der Waals surface area contributed by atoms with Crippen LogP contribution in [0, 0.1) is 71.5 Å². The summed E-state index contributed by atoms with van der Waals surface area (Å²) in [6.07, 6.45) is 4.88. The minimum atomic E-state index is -0.620. The second kappa shape index (κ2) is 13.6. The Bertz CT molecular complexity index is 1710. The molecule has 0 bridgehead atoms. The van der Waals surface area contributed by atoms with Gasteiger partial charge in [0, 0.05) is 16.6 Å². The molecule has 0 radical (unpaired) electrons. The van der Waals surface area contributed by atoms with Crippen molar-refractivity contribution in [1.82, 2.24) is 5.43 Å². The second-order valence-corrected chi connectivity index (χ2v) is 8.47. The van der Waals surface area contributed by atoms with Crippen LogP contribution in [0.3, 0.4) is 0 Å². The summed E-state index contributed by atoms with van der Waals surface area (Å²) >= 11 is 24.7. The number of hydrogen-bond acceptors (Lipinski definition) is 3. The molecule has 0 aliphatic carbocycles. The third kappa shape index (κ3) is 7.94. The molecule has 6 nitrogen and oxygen atoms in total. The molecule has 0 unspecified atom stereocenters. The first kappa shape index (κ1) is 27.9. The van der Waals surface area contributed by atoms with Gasteiger partial charge in [0.15, 0.2) is 0 Å². The molecule has 182 valence electrons. The number of amidine groups is 1. The van der Waals surface area contributed by atoms with Gasteiger partial charge < -0.3 is 5.32 Å². The van der Waals surface area contributed by atoms with E-state index in [9.17, 15) is 9.59 Å². The quantitative estimate of drug-likeness (QED) is 0.513. The van der Waals surface area contributed by atoms with E-state index in [1.807, 2.05) is 0 Å². The molecule has 3 rings (SSSR count). The van der Waals surface area contributed by atoms with Gasteiger partial charge >= 0.3 is 5.91 Å². The van der Waals surface area contributed by atoms with Gasteiger partial charge in [0.2, 0.25) is 0 Å². The summed E-state index contributed by atoms with van der Waals surface area (Å²) in [5, 5.41) is 4.75. The van der Waals surface area contributed by atoms with E-state index in [0.717, 1.165) is 0 Å². The van der Waals surface area contributed by atoms with Crippen LogP contribution >= 0.6 is 46.4 Å². The zero-order valence-corrected chi connectivity index (χ0v) is 21.9. The Labute approximate surface area is 239 Å². The van der Waals surface area contributed by atoms with Crippen LogP contribution in [0.1, 0.15) is 6.42 Å². The zero-order chi connectivity index (χ0) is 27.5. The molecule has 2 aromatic rings. The van der Waals surface area contributed by atoms with Gasteiger partial charge in [-0.2, -0.15) is 0 Å². The van der Waals surface area contributed by atoms with Crippen molar-refractivity contribution in [1.29, 1.82) is 0 Å². The van der Waals surface area contributed by atoms with Crippen molar-refractivity contribution in [3.63, 3.8) is 0 Å². The number of rotatable bonds is 3. The average molecular weight is 576 g/mol. The number of aliphatic imine (C=N–C) groups is 1. The Kier molecular flexibility index (Phi) is 10.0. The van der Waals surface area contributed by atoms with Gasteiger partial charge in [-0.15, -0.1) is 6.42 Å². The highest BCUT2D eigenvalue weighted by atomic mass is 35.5. The van der Waals surface area contributed by atoms with Crippen LogP contribution in [0.2, 0.25) is 20.1 Å². The maximum absolute atomic E-state index is 12.6. The van der Waals surface area contributed by atoms with Gasteiger partial charge in [0.25, 0.3) is 5.91 Å². The fourth-order valence-corrected chi connectivity index (χ4v) is 3.92. The fraction of sp³-hybridized carbons (Fsp3) is 0.0357. The number of anilines is 2. The molecule has 10 heteroatoms. The van der Waals surface area contributed by atoms with E-state index in [1.54, 1.807) is 6.07 Å². The molecule has 2 amide bonds. The molecule has 1 heterocycles. The Hall–Kier alpha value is -4.63. The molecule has 1 saturated heterocycles. The molecular weight excluding hydrogens is 566 g/mol. The van der Waals surface area contributed by atoms with E-state index in [4.69, 9.17) is 52.8 Å². The summed E-state index contributed by atoms with van der Waals surface area (Å²) < 4.78 is 0. The summed E-state index contributed by atoms with van der Waals surface area (Å²) in [6, 6.07) is 7.56. The summed E-state index contributed by atoms with van der Waals surface area (Å²) in [4.78, 5) is 29.1. The van der Waals surface area contributed by atoms with E-state index in [2.05, 4.69) is 80.9 Å². The number of terminal acetylenes is 1. The van der Waals surface area contributed by atoms with Crippen LogP contribution in [0.4, 0.5) is 17.1 Å². The number of carbonyl (C=O) groups is 2. The van der Waals surface area contributed by atoms with Gasteiger partial charge in [-0.3, -0.25) is 15.0 Å². The smallest absolute Gasteiger partial charge is 0.301 e. The van der Waals surface area contributed by atoms with Crippen molar-refractivity contribution in [3.05, 3.63) is 50.4 Å². The van der Waals surface area contributed by atoms with Crippen LogP contribution in [-0.2, 0) is 9.59 Å². The first-order chi connectivity index (χ1) is 18.3. The minimum Gasteiger partial charge on any atom is -0.315 e. The molecule has 0 aromatic heterocycles. The van der Waals surface area contributed by atoms with Crippen molar-refractivity contribution < 1.29 is 9.59 Å². The molecule has 1 aliphatic heterocycles. The zero-order valence-electron chi connectivity index (χ0n) is 18.9. The molecular formula is C28H10Cl4N4O2. The van der Waals surface area contributed by atoms with E-state index in [0.29, 0.717) is 16.4 Å². The first-order valence-electron chi connectivity index (χ1n) is 10.2. The number of hydrogen-bond donors (Lipinski definition) is 2. The molecule has 0 saturated carbocycles. The number of halogens is 4. The lowest BCUT2D eigenvalue weighted by atomic mass is 10.2. The summed E-state index contributed by atoms with van der Waals surface area (Å²) in [5.74, 6) is 25.4. The highest BCUT2D eigenvalue weighted by molar-refractivity contribution is 6.42. The SMILES string of the molecule is C#CC#CC#CC#CC#CC#CC(=O)Nc1ccc(Cl)c(N=C2CC(=O)N(c3c(Cl)cc(Cl)cc3Cl)N2)c1. The average Bonchev–Trinajstić information content (AvgIpc) is 3.21. The third-order valence-corrected chi connectivity index (χ3v) is 5.34. The van der Waals surface area contributed by atoms with Gasteiger partial charge in [-0.05, 0) is 89.5 Å². The number of carbonyl (C=O) groups excluding carboxylic acids is 2. The van der Waals surface area contributed by atoms with Crippen LogP contribution in [0.25, 0.3) is 0 Å². The summed E-state index contributed by atoms with van der Waals surface area (Å²) in [7, 11) is 0. The molecule has 38 heavy (non-hydrogen) atoms. The molecule has 2 N–H and O–H groups in total. The van der Waals surface area contributed by atoms with E-state index < -0.39 is 5.91 Å². The monoisotopic (exact) mass is 574 g/mol. The Morgan fingerprint density at radius 3 is 2.13 bits per heavy atom. The molecule has 1 aliphatic rings.